The van der Waals surface area contributed by atoms with E-state index in [0.29, 0.717) is 17.9 Å². The van der Waals surface area contributed by atoms with E-state index in [1.54, 1.807) is 6.92 Å². The Morgan fingerprint density at radius 1 is 1.05 bits per heavy atom. The average Bonchev–Trinajstić information content (AvgIpc) is 2.46. The lowest BCUT2D eigenvalue weighted by atomic mass is 10.1. The van der Waals surface area contributed by atoms with Gasteiger partial charge in [0.05, 0.1) is 5.56 Å². The van der Waals surface area contributed by atoms with Crippen LogP contribution in [0.25, 0.3) is 0 Å². The third-order valence-electron chi connectivity index (χ3n) is 3.41. The van der Waals surface area contributed by atoms with Gasteiger partial charge in [0.1, 0.15) is 12.4 Å². The maximum absolute atomic E-state index is 11.6. The quantitative estimate of drug-likeness (QED) is 0.754. The van der Waals surface area contributed by atoms with Gasteiger partial charge < -0.3 is 4.74 Å². The molecule has 104 valence electrons. The molecular weight excluding hydrogens is 248 g/mol. The van der Waals surface area contributed by atoms with Crippen molar-refractivity contribution in [1.29, 1.82) is 0 Å². The van der Waals surface area contributed by atoms with Crippen molar-refractivity contribution in [2.24, 2.45) is 0 Å². The van der Waals surface area contributed by atoms with Gasteiger partial charge in [-0.05, 0) is 43.0 Å². The lowest BCUT2D eigenvalue weighted by molar-refractivity contribution is 0.101. The van der Waals surface area contributed by atoms with E-state index in [1.165, 1.54) is 5.56 Å². The molecule has 0 heterocycles. The average molecular weight is 268 g/mol. The topological polar surface area (TPSA) is 26.3 Å². The van der Waals surface area contributed by atoms with Gasteiger partial charge in [-0.2, -0.15) is 0 Å². The molecule has 0 spiro atoms. The number of benzene rings is 2. The van der Waals surface area contributed by atoms with Gasteiger partial charge in [0.25, 0.3) is 0 Å². The van der Waals surface area contributed by atoms with Crippen LogP contribution in [0.3, 0.4) is 0 Å². The summed E-state index contributed by atoms with van der Waals surface area (Å²) in [6.45, 7) is 6.15. The standard InChI is InChI=1S/C18H20O2/c1-4-15-8-10-16(11-9-15)12-20-18-13(2)6-5-7-17(18)14(3)19/h5-11H,4,12H2,1-3H3. The highest BCUT2D eigenvalue weighted by Gasteiger charge is 2.10. The summed E-state index contributed by atoms with van der Waals surface area (Å²) >= 11 is 0. The van der Waals surface area contributed by atoms with Gasteiger partial charge in [0.2, 0.25) is 0 Å². The lowest BCUT2D eigenvalue weighted by Crippen LogP contribution is -2.03. The number of hydrogen-bond donors (Lipinski definition) is 0. The Morgan fingerprint density at radius 3 is 2.30 bits per heavy atom. The van der Waals surface area contributed by atoms with Crippen LogP contribution >= 0.6 is 0 Å². The molecule has 0 saturated heterocycles. The first-order valence-electron chi connectivity index (χ1n) is 6.93. The minimum absolute atomic E-state index is 0.0324. The van der Waals surface area contributed by atoms with Crippen molar-refractivity contribution in [3.63, 3.8) is 0 Å². The first-order valence-corrected chi connectivity index (χ1v) is 6.93. The first kappa shape index (κ1) is 14.3. The Hall–Kier alpha value is -2.09. The molecule has 0 unspecified atom stereocenters. The summed E-state index contributed by atoms with van der Waals surface area (Å²) in [4.78, 5) is 11.6. The predicted molar refractivity (Wildman–Crippen MR) is 81.3 cm³/mol. The van der Waals surface area contributed by atoms with Gasteiger partial charge in [0, 0.05) is 0 Å². The normalized spacial score (nSPS) is 10.3. The molecule has 2 heteroatoms. The van der Waals surface area contributed by atoms with Gasteiger partial charge in [0.15, 0.2) is 5.78 Å². The van der Waals surface area contributed by atoms with E-state index in [9.17, 15) is 4.79 Å². The minimum atomic E-state index is 0.0324. The van der Waals surface area contributed by atoms with Crippen molar-refractivity contribution in [1.82, 2.24) is 0 Å². The fourth-order valence-corrected chi connectivity index (χ4v) is 2.15. The summed E-state index contributed by atoms with van der Waals surface area (Å²) in [5, 5.41) is 0. The molecule has 0 radical (unpaired) electrons. The van der Waals surface area contributed by atoms with Crippen LogP contribution in [0.2, 0.25) is 0 Å². The second-order valence-electron chi connectivity index (χ2n) is 4.97. The second kappa shape index (κ2) is 6.38. The predicted octanol–water partition coefficient (Wildman–Crippen LogP) is 4.34. The fourth-order valence-electron chi connectivity index (χ4n) is 2.15. The number of carbonyl (C=O) groups excluding carboxylic acids is 1. The molecule has 2 aromatic carbocycles. The Bertz CT molecular complexity index is 597. The number of carbonyl (C=O) groups is 1. The third kappa shape index (κ3) is 3.27. The van der Waals surface area contributed by atoms with Crippen molar-refractivity contribution in [3.8, 4) is 5.75 Å². The molecule has 2 aromatic rings. The van der Waals surface area contributed by atoms with Crippen LogP contribution in [0.4, 0.5) is 0 Å². The molecular formula is C18H20O2. The van der Waals surface area contributed by atoms with Gasteiger partial charge in [-0.15, -0.1) is 0 Å². The minimum Gasteiger partial charge on any atom is -0.488 e. The summed E-state index contributed by atoms with van der Waals surface area (Å²) in [6, 6.07) is 14.0. The van der Waals surface area contributed by atoms with Crippen LogP contribution in [0.15, 0.2) is 42.5 Å². The Labute approximate surface area is 120 Å². The number of para-hydroxylation sites is 1. The molecule has 0 aromatic heterocycles. The van der Waals surface area contributed by atoms with Crippen molar-refractivity contribution >= 4 is 5.78 Å². The van der Waals surface area contributed by atoms with Crippen LogP contribution in [-0.4, -0.2) is 5.78 Å². The molecule has 20 heavy (non-hydrogen) atoms. The maximum atomic E-state index is 11.6. The summed E-state index contributed by atoms with van der Waals surface area (Å²) in [5.74, 6) is 0.726. The second-order valence-corrected chi connectivity index (χ2v) is 4.97. The van der Waals surface area contributed by atoms with E-state index in [2.05, 4.69) is 31.2 Å². The molecule has 0 bridgehead atoms. The summed E-state index contributed by atoms with van der Waals surface area (Å²) in [6.07, 6.45) is 1.04. The zero-order valence-electron chi connectivity index (χ0n) is 12.3. The highest BCUT2D eigenvalue weighted by Crippen LogP contribution is 2.25. The van der Waals surface area contributed by atoms with Gasteiger partial charge in [-0.25, -0.2) is 0 Å². The molecule has 0 N–H and O–H groups in total. The molecule has 0 saturated carbocycles. The molecule has 0 fully saturated rings. The van der Waals surface area contributed by atoms with Crippen molar-refractivity contribution in [2.45, 2.75) is 33.8 Å². The van der Waals surface area contributed by atoms with E-state index < -0.39 is 0 Å². The molecule has 0 amide bonds. The zero-order chi connectivity index (χ0) is 14.5. The molecule has 0 aliphatic carbocycles. The highest BCUT2D eigenvalue weighted by molar-refractivity contribution is 5.97. The molecule has 2 rings (SSSR count). The number of ketones is 1. The Morgan fingerprint density at radius 2 is 1.70 bits per heavy atom. The molecule has 0 atom stereocenters. The number of ether oxygens (including phenoxy) is 1. The summed E-state index contributed by atoms with van der Waals surface area (Å²) < 4.78 is 5.87. The largest absolute Gasteiger partial charge is 0.488 e. The smallest absolute Gasteiger partial charge is 0.163 e. The van der Waals surface area contributed by atoms with E-state index in [0.717, 1.165) is 17.5 Å². The Balaban J connectivity index is 2.16. The van der Waals surface area contributed by atoms with E-state index in [4.69, 9.17) is 4.74 Å². The molecule has 2 nitrogen and oxygen atoms in total. The number of Topliss-reactive ketones (excluding diaryl/α,β-unsaturated/α-hetero) is 1. The zero-order valence-corrected chi connectivity index (χ0v) is 12.3. The highest BCUT2D eigenvalue weighted by atomic mass is 16.5. The third-order valence-corrected chi connectivity index (χ3v) is 3.41. The monoisotopic (exact) mass is 268 g/mol. The van der Waals surface area contributed by atoms with Crippen molar-refractivity contribution < 1.29 is 9.53 Å². The van der Waals surface area contributed by atoms with Crippen LogP contribution < -0.4 is 4.74 Å². The molecule has 0 aliphatic heterocycles. The summed E-state index contributed by atoms with van der Waals surface area (Å²) in [7, 11) is 0. The lowest BCUT2D eigenvalue weighted by Gasteiger charge is -2.12. The summed E-state index contributed by atoms with van der Waals surface area (Å²) in [5.41, 5.74) is 4.06. The number of aryl methyl sites for hydroxylation is 2. The maximum Gasteiger partial charge on any atom is 0.163 e. The van der Waals surface area contributed by atoms with E-state index in [-0.39, 0.29) is 5.78 Å². The first-order chi connectivity index (χ1) is 9.61. The SMILES string of the molecule is CCc1ccc(COc2c(C)cccc2C(C)=O)cc1. The van der Waals surface area contributed by atoms with Crippen LogP contribution in [-0.2, 0) is 13.0 Å². The van der Waals surface area contributed by atoms with Crippen LogP contribution in [0, 0.1) is 6.92 Å². The van der Waals surface area contributed by atoms with Gasteiger partial charge in [-0.3, -0.25) is 4.79 Å². The van der Waals surface area contributed by atoms with Gasteiger partial charge in [-0.1, -0.05) is 43.3 Å². The molecule has 0 aliphatic rings. The van der Waals surface area contributed by atoms with Gasteiger partial charge >= 0.3 is 0 Å². The number of rotatable bonds is 5. The van der Waals surface area contributed by atoms with E-state index in [1.807, 2.05) is 25.1 Å². The fraction of sp³-hybridized carbons (Fsp3) is 0.278. The van der Waals surface area contributed by atoms with Crippen molar-refractivity contribution in [3.05, 3.63) is 64.7 Å². The Kier molecular flexibility index (Phi) is 4.57. The van der Waals surface area contributed by atoms with Crippen LogP contribution in [0.5, 0.6) is 5.75 Å². The van der Waals surface area contributed by atoms with Crippen molar-refractivity contribution in [2.75, 3.05) is 0 Å². The number of hydrogen-bond acceptors (Lipinski definition) is 2. The van der Waals surface area contributed by atoms with E-state index >= 15 is 0 Å². The van der Waals surface area contributed by atoms with Crippen LogP contribution in [0.1, 0.15) is 40.9 Å².